The van der Waals surface area contributed by atoms with Gasteiger partial charge in [-0.1, -0.05) is 17.3 Å². The van der Waals surface area contributed by atoms with Gasteiger partial charge in [0.2, 0.25) is 0 Å². The molecule has 3 aromatic rings. The molecular formula is C12H9N5O2S2. The maximum absolute atomic E-state index is 12.0. The summed E-state index contributed by atoms with van der Waals surface area (Å²) in [5, 5.41) is 11.8. The minimum atomic E-state index is -0.366. The van der Waals surface area contributed by atoms with E-state index in [0.717, 1.165) is 4.68 Å². The Labute approximate surface area is 128 Å². The first kappa shape index (κ1) is 12.3. The first-order valence-electron chi connectivity index (χ1n) is 6.21. The lowest BCUT2D eigenvalue weighted by Crippen LogP contribution is -2.22. The number of hydrogen-bond donors (Lipinski definition) is 0. The van der Waals surface area contributed by atoms with Crippen molar-refractivity contribution in [2.24, 2.45) is 7.05 Å². The van der Waals surface area contributed by atoms with E-state index in [1.54, 1.807) is 10.8 Å². The summed E-state index contributed by atoms with van der Waals surface area (Å²) in [6.45, 7) is 0.133. The van der Waals surface area contributed by atoms with Crippen molar-refractivity contribution in [1.82, 2.24) is 24.8 Å². The van der Waals surface area contributed by atoms with Gasteiger partial charge in [0.1, 0.15) is 11.6 Å². The summed E-state index contributed by atoms with van der Waals surface area (Å²) in [6.07, 6.45) is 5.63. The van der Waals surface area contributed by atoms with Crippen LogP contribution in [0.4, 0.5) is 0 Å². The normalized spacial score (nSPS) is 11.1. The monoisotopic (exact) mass is 321 g/mol. The molecule has 0 bridgehead atoms. The Hall–Kier alpha value is -2.44. The predicted octanol–water partition coefficient (Wildman–Crippen LogP) is 1.04. The minimum Gasteiger partial charge on any atom is -0.465 e. The zero-order valence-electron chi connectivity index (χ0n) is 11.8. The van der Waals surface area contributed by atoms with Crippen LogP contribution in [0.3, 0.4) is 0 Å². The third-order valence-corrected chi connectivity index (χ3v) is 4.28. The molecule has 106 valence electrons. The van der Waals surface area contributed by atoms with Crippen LogP contribution in [0, 0.1) is 12.3 Å². The van der Waals surface area contributed by atoms with Crippen molar-refractivity contribution in [3.05, 3.63) is 38.5 Å². The fourth-order valence-electron chi connectivity index (χ4n) is 1.63. The minimum absolute atomic E-state index is 0.133. The van der Waals surface area contributed by atoms with Crippen molar-refractivity contribution < 1.29 is 6.11 Å². The highest BCUT2D eigenvalue weighted by molar-refractivity contribution is 7.13. The van der Waals surface area contributed by atoms with E-state index in [0.29, 0.717) is 21.3 Å². The highest BCUT2D eigenvalue weighted by Crippen LogP contribution is 2.26. The predicted molar refractivity (Wildman–Crippen MR) is 78.9 cm³/mol. The van der Waals surface area contributed by atoms with Crippen molar-refractivity contribution in [2.75, 3.05) is 0 Å². The molecule has 0 saturated carbocycles. The Kier molecular flexibility index (Phi) is 3.23. The molecule has 0 saturated heterocycles. The fraction of sp³-hybridized carbons (Fsp3) is 0.167. The van der Waals surface area contributed by atoms with Gasteiger partial charge < -0.3 is 4.74 Å². The summed E-state index contributed by atoms with van der Waals surface area (Å²) >= 11 is 2.52. The molecule has 0 N–H and O–H groups in total. The number of ether oxygens (including phenoxy) is 1. The molecular weight excluding hydrogens is 310 g/mol. The van der Waals surface area contributed by atoms with Gasteiger partial charge in [-0.05, 0) is 10.4 Å². The number of nitrogens with zero attached hydrogens (tertiary/aromatic N) is 5. The number of aryl methyl sites for hydroxylation is 1. The maximum atomic E-state index is 12.0. The Morgan fingerprint density at radius 2 is 2.38 bits per heavy atom. The van der Waals surface area contributed by atoms with Crippen LogP contribution in [0.1, 0.15) is 12.5 Å². The largest absolute Gasteiger partial charge is 0.465 e. The van der Waals surface area contributed by atoms with Crippen LogP contribution in [0.2, 0.25) is 0 Å². The highest BCUT2D eigenvalue weighted by Gasteiger charge is 2.17. The van der Waals surface area contributed by atoms with Gasteiger partial charge in [0.05, 0.1) is 1.37 Å². The van der Waals surface area contributed by atoms with E-state index in [9.17, 15) is 4.79 Å². The molecule has 0 aromatic carbocycles. The van der Waals surface area contributed by atoms with E-state index in [4.69, 9.17) is 12.5 Å². The summed E-state index contributed by atoms with van der Waals surface area (Å²) < 4.78 is 15.2. The Morgan fingerprint density at radius 1 is 1.52 bits per heavy atom. The average molecular weight is 321 g/mol. The molecule has 0 radical (unpaired) electrons. The molecule has 0 spiro atoms. The number of thiophene rings is 1. The number of terminal acetylenes is 1. The fourth-order valence-corrected chi connectivity index (χ4v) is 3.04. The van der Waals surface area contributed by atoms with Crippen molar-refractivity contribution in [3.8, 4) is 22.5 Å². The van der Waals surface area contributed by atoms with E-state index in [1.165, 1.54) is 34.4 Å². The van der Waals surface area contributed by atoms with E-state index in [-0.39, 0.29) is 18.5 Å². The number of aromatic nitrogens is 5. The highest BCUT2D eigenvalue weighted by atomic mass is 32.1. The van der Waals surface area contributed by atoms with E-state index in [2.05, 4.69) is 21.3 Å². The van der Waals surface area contributed by atoms with Crippen LogP contribution < -0.4 is 10.4 Å². The molecule has 3 aromatic heterocycles. The summed E-state index contributed by atoms with van der Waals surface area (Å²) in [6, 6.07) is 0. The number of thiazole rings is 1. The molecule has 0 amide bonds. The third-order valence-electron chi connectivity index (χ3n) is 2.65. The molecule has 3 heterocycles. The van der Waals surface area contributed by atoms with Crippen LogP contribution in [0.15, 0.2) is 21.7 Å². The molecule has 3 rings (SSSR count). The molecule has 21 heavy (non-hydrogen) atoms. The van der Waals surface area contributed by atoms with Crippen molar-refractivity contribution >= 4 is 22.7 Å². The lowest BCUT2D eigenvalue weighted by molar-refractivity contribution is 0.304. The summed E-state index contributed by atoms with van der Waals surface area (Å²) in [7, 11) is 1.52. The maximum Gasteiger partial charge on any atom is 0.368 e. The lowest BCUT2D eigenvalue weighted by atomic mass is 10.2. The molecule has 0 unspecified atom stereocenters. The van der Waals surface area contributed by atoms with Crippen LogP contribution in [-0.4, -0.2) is 24.8 Å². The number of hydrogen-bond acceptors (Lipinski definition) is 7. The first-order valence-corrected chi connectivity index (χ1v) is 7.47. The van der Waals surface area contributed by atoms with E-state index >= 15 is 0 Å². The molecule has 0 atom stereocenters. The van der Waals surface area contributed by atoms with Gasteiger partial charge in [0, 0.05) is 35.1 Å². The van der Waals surface area contributed by atoms with Gasteiger partial charge in [-0.15, -0.1) is 22.4 Å². The molecule has 7 nitrogen and oxygen atoms in total. The topological polar surface area (TPSA) is 74.8 Å². The van der Waals surface area contributed by atoms with Crippen molar-refractivity contribution in [1.29, 1.82) is 0 Å². The van der Waals surface area contributed by atoms with Gasteiger partial charge in [-0.2, -0.15) is 4.68 Å². The Morgan fingerprint density at radius 3 is 3.00 bits per heavy atom. The Bertz CT molecular complexity index is 917. The second-order valence-electron chi connectivity index (χ2n) is 3.91. The van der Waals surface area contributed by atoms with Crippen LogP contribution in [0.25, 0.3) is 5.00 Å². The van der Waals surface area contributed by atoms with Gasteiger partial charge in [-0.25, -0.2) is 9.78 Å². The SMILES string of the molecule is [3H]c1csc(OCc2c(C#C)csc2-n2nnn(C)c2=O)n1. The van der Waals surface area contributed by atoms with Gasteiger partial charge in [-0.3, -0.25) is 0 Å². The molecule has 9 heteroatoms. The Balaban J connectivity index is 1.96. The number of tetrazole rings is 1. The zero-order chi connectivity index (χ0) is 15.7. The summed E-state index contributed by atoms with van der Waals surface area (Å²) in [4.78, 5) is 15.9. The van der Waals surface area contributed by atoms with Crippen LogP contribution >= 0.6 is 22.7 Å². The molecule has 0 fully saturated rings. The molecule has 0 aliphatic rings. The quantitative estimate of drug-likeness (QED) is 0.671. The first-order chi connectivity index (χ1) is 10.6. The van der Waals surface area contributed by atoms with E-state index < -0.39 is 0 Å². The third kappa shape index (κ3) is 2.46. The summed E-state index contributed by atoms with van der Waals surface area (Å²) in [5.74, 6) is 2.56. The van der Waals surface area contributed by atoms with E-state index in [1.807, 2.05) is 0 Å². The van der Waals surface area contributed by atoms with Gasteiger partial charge >= 0.3 is 5.69 Å². The molecule has 0 aliphatic heterocycles. The van der Waals surface area contributed by atoms with Gasteiger partial charge in [0.25, 0.3) is 5.19 Å². The molecule has 0 aliphatic carbocycles. The lowest BCUT2D eigenvalue weighted by Gasteiger charge is -2.04. The smallest absolute Gasteiger partial charge is 0.368 e. The number of rotatable bonds is 4. The standard InChI is InChI=1S/C12H9N5O2S2/c1-3-8-7-21-10(17-12(18)16(2)14-15-17)9(8)6-19-11-13-4-5-20-11/h1,4-5,7H,6H2,2H3/i4T. The van der Waals surface area contributed by atoms with Crippen molar-refractivity contribution in [2.45, 2.75) is 6.61 Å². The zero-order valence-corrected chi connectivity index (χ0v) is 12.4. The average Bonchev–Trinajstić information content (AvgIpc) is 3.18. The van der Waals surface area contributed by atoms with Crippen LogP contribution in [-0.2, 0) is 13.7 Å². The summed E-state index contributed by atoms with van der Waals surface area (Å²) in [5.41, 5.74) is 0.923. The van der Waals surface area contributed by atoms with Crippen molar-refractivity contribution in [3.63, 3.8) is 0 Å². The second-order valence-corrected chi connectivity index (χ2v) is 5.58. The van der Waals surface area contributed by atoms with Crippen LogP contribution in [0.5, 0.6) is 5.19 Å². The second kappa shape index (κ2) is 5.51. The van der Waals surface area contributed by atoms with Gasteiger partial charge in [0.15, 0.2) is 0 Å².